The van der Waals surface area contributed by atoms with Crippen molar-refractivity contribution in [2.45, 2.75) is 103 Å². The number of carbonyl (C=O) groups is 2. The van der Waals surface area contributed by atoms with Crippen LogP contribution < -0.4 is 4.74 Å². The van der Waals surface area contributed by atoms with Gasteiger partial charge in [0.2, 0.25) is 0 Å². The Hall–Kier alpha value is -1.84. The molecule has 168 valence electrons. The zero-order valence-corrected chi connectivity index (χ0v) is 19.6. The molecule has 2 unspecified atom stereocenters. The smallest absolute Gasteiger partial charge is 0.310 e. The largest absolute Gasteiger partial charge is 0.497 e. The van der Waals surface area contributed by atoms with Crippen molar-refractivity contribution in [1.82, 2.24) is 0 Å². The van der Waals surface area contributed by atoms with Crippen LogP contribution in [0.15, 0.2) is 18.2 Å². The molecule has 0 fully saturated rings. The summed E-state index contributed by atoms with van der Waals surface area (Å²) in [5.41, 5.74) is 1.54. The minimum absolute atomic E-state index is 0.159. The Morgan fingerprint density at radius 2 is 1.73 bits per heavy atom. The third-order valence-electron chi connectivity index (χ3n) is 5.90. The Labute approximate surface area is 182 Å². The van der Waals surface area contributed by atoms with Gasteiger partial charge in [-0.3, -0.25) is 9.59 Å². The number of rotatable bonds is 11. The standard InChI is InChI=1S/C26H40O4/c1-6-7-8-9-10-11-12-13-22(25(28)30-26(2,3)4)24-21-16-15-20(29-5)18-19(21)14-17-23(24)27/h15-16,18,22,24H,6-14,17H2,1-5H3. The summed E-state index contributed by atoms with van der Waals surface area (Å²) in [4.78, 5) is 26.1. The lowest BCUT2D eigenvalue weighted by Gasteiger charge is -2.32. The SMILES string of the molecule is CCCCCCCCCC(C(=O)OC(C)(C)C)C1C(=O)CCc2cc(OC)ccc21. The molecule has 4 nitrogen and oxygen atoms in total. The predicted octanol–water partition coefficient (Wildman–Crippen LogP) is 6.39. The molecule has 1 aliphatic rings. The summed E-state index contributed by atoms with van der Waals surface area (Å²) in [5.74, 6) is -0.112. The summed E-state index contributed by atoms with van der Waals surface area (Å²) in [7, 11) is 1.65. The number of hydrogen-bond acceptors (Lipinski definition) is 4. The molecule has 4 heteroatoms. The molecule has 30 heavy (non-hydrogen) atoms. The van der Waals surface area contributed by atoms with Gasteiger partial charge in [-0.05, 0) is 56.9 Å². The van der Waals surface area contributed by atoms with Crippen LogP contribution in [0.3, 0.4) is 0 Å². The Bertz CT molecular complexity index is 701. The van der Waals surface area contributed by atoms with Gasteiger partial charge in [-0.1, -0.05) is 57.9 Å². The second kappa shape index (κ2) is 11.5. The van der Waals surface area contributed by atoms with Crippen LogP contribution in [0, 0.1) is 5.92 Å². The maximum absolute atomic E-state index is 13.1. The minimum atomic E-state index is -0.560. The Morgan fingerprint density at radius 3 is 2.37 bits per heavy atom. The van der Waals surface area contributed by atoms with Crippen LogP contribution in [0.2, 0.25) is 0 Å². The van der Waals surface area contributed by atoms with Gasteiger partial charge in [-0.25, -0.2) is 0 Å². The normalized spacial score (nSPS) is 17.4. The van der Waals surface area contributed by atoms with Crippen molar-refractivity contribution in [3.63, 3.8) is 0 Å². The Morgan fingerprint density at radius 1 is 1.07 bits per heavy atom. The first-order chi connectivity index (χ1) is 14.3. The van der Waals surface area contributed by atoms with Crippen molar-refractivity contribution in [3.8, 4) is 5.75 Å². The molecule has 0 spiro atoms. The van der Waals surface area contributed by atoms with E-state index in [0.29, 0.717) is 19.3 Å². The number of hydrogen-bond donors (Lipinski definition) is 0. The number of ketones is 1. The second-order valence-corrected chi connectivity index (χ2v) is 9.56. The molecular formula is C26H40O4. The van der Waals surface area contributed by atoms with Gasteiger partial charge in [0.15, 0.2) is 0 Å². The second-order valence-electron chi connectivity index (χ2n) is 9.56. The van der Waals surface area contributed by atoms with Crippen molar-refractivity contribution in [3.05, 3.63) is 29.3 Å². The summed E-state index contributed by atoms with van der Waals surface area (Å²) in [6.45, 7) is 7.88. The van der Waals surface area contributed by atoms with Gasteiger partial charge in [0.05, 0.1) is 18.9 Å². The molecule has 0 bridgehead atoms. The van der Waals surface area contributed by atoms with Gasteiger partial charge in [0, 0.05) is 6.42 Å². The van der Waals surface area contributed by atoms with E-state index in [1.165, 1.54) is 32.1 Å². The lowest BCUT2D eigenvalue weighted by Crippen LogP contribution is -2.36. The van der Waals surface area contributed by atoms with Gasteiger partial charge >= 0.3 is 5.97 Å². The fourth-order valence-corrected chi connectivity index (χ4v) is 4.38. The summed E-state index contributed by atoms with van der Waals surface area (Å²) in [5, 5.41) is 0. The van der Waals surface area contributed by atoms with E-state index >= 15 is 0 Å². The van der Waals surface area contributed by atoms with E-state index in [9.17, 15) is 9.59 Å². The number of methoxy groups -OCH3 is 1. The summed E-state index contributed by atoms with van der Waals surface area (Å²) in [6.07, 6.45) is 10.2. The molecule has 0 saturated carbocycles. The fraction of sp³-hybridized carbons (Fsp3) is 0.692. The van der Waals surface area contributed by atoms with E-state index in [2.05, 4.69) is 6.92 Å². The van der Waals surface area contributed by atoms with Crippen molar-refractivity contribution in [2.75, 3.05) is 7.11 Å². The topological polar surface area (TPSA) is 52.6 Å². The fourth-order valence-electron chi connectivity index (χ4n) is 4.38. The highest BCUT2D eigenvalue weighted by atomic mass is 16.6. The van der Waals surface area contributed by atoms with E-state index in [0.717, 1.165) is 29.7 Å². The van der Waals surface area contributed by atoms with Crippen LogP contribution in [-0.4, -0.2) is 24.5 Å². The molecule has 0 aromatic heterocycles. The van der Waals surface area contributed by atoms with Gasteiger partial charge in [-0.2, -0.15) is 0 Å². The first-order valence-corrected chi connectivity index (χ1v) is 11.7. The molecule has 0 aliphatic heterocycles. The molecule has 2 atom stereocenters. The predicted molar refractivity (Wildman–Crippen MR) is 121 cm³/mol. The van der Waals surface area contributed by atoms with Crippen molar-refractivity contribution in [1.29, 1.82) is 0 Å². The van der Waals surface area contributed by atoms with Gasteiger partial charge < -0.3 is 9.47 Å². The van der Waals surface area contributed by atoms with Crippen LogP contribution in [0.25, 0.3) is 0 Å². The molecule has 0 N–H and O–H groups in total. The average molecular weight is 417 g/mol. The van der Waals surface area contributed by atoms with Crippen molar-refractivity contribution in [2.24, 2.45) is 5.92 Å². The number of fused-ring (bicyclic) bond motifs is 1. The first kappa shape index (κ1) is 24.4. The summed E-state index contributed by atoms with van der Waals surface area (Å²) < 4.78 is 11.1. The highest BCUT2D eigenvalue weighted by Gasteiger charge is 2.39. The van der Waals surface area contributed by atoms with E-state index in [4.69, 9.17) is 9.47 Å². The van der Waals surface area contributed by atoms with Crippen LogP contribution in [-0.2, 0) is 20.7 Å². The molecule has 0 heterocycles. The molecule has 0 amide bonds. The number of carbonyl (C=O) groups excluding carboxylic acids is 2. The van der Waals surface area contributed by atoms with Gasteiger partial charge in [0.1, 0.15) is 17.1 Å². The Balaban J connectivity index is 2.17. The Kier molecular flexibility index (Phi) is 9.38. The zero-order valence-electron chi connectivity index (χ0n) is 19.6. The lowest BCUT2D eigenvalue weighted by atomic mass is 9.73. The minimum Gasteiger partial charge on any atom is -0.497 e. The van der Waals surface area contributed by atoms with Crippen LogP contribution >= 0.6 is 0 Å². The third kappa shape index (κ3) is 7.14. The number of unbranched alkanes of at least 4 members (excludes halogenated alkanes) is 6. The quantitative estimate of drug-likeness (QED) is 0.310. The maximum Gasteiger partial charge on any atom is 0.310 e. The van der Waals surface area contributed by atoms with E-state index < -0.39 is 17.4 Å². The number of Topliss-reactive ketones (excluding diaryl/α,β-unsaturated/α-hetero) is 1. The monoisotopic (exact) mass is 416 g/mol. The lowest BCUT2D eigenvalue weighted by molar-refractivity contribution is -0.162. The third-order valence-corrected chi connectivity index (χ3v) is 5.90. The van der Waals surface area contributed by atoms with Crippen molar-refractivity contribution >= 4 is 11.8 Å². The highest BCUT2D eigenvalue weighted by molar-refractivity contribution is 5.93. The molecule has 1 aromatic carbocycles. The highest BCUT2D eigenvalue weighted by Crippen LogP contribution is 2.39. The van der Waals surface area contributed by atoms with Crippen LogP contribution in [0.5, 0.6) is 5.75 Å². The van der Waals surface area contributed by atoms with E-state index in [1.807, 2.05) is 39.0 Å². The average Bonchev–Trinajstić information content (AvgIpc) is 2.69. The number of benzene rings is 1. The molecule has 0 saturated heterocycles. The number of esters is 1. The molecule has 1 aliphatic carbocycles. The van der Waals surface area contributed by atoms with E-state index in [-0.39, 0.29) is 11.8 Å². The maximum atomic E-state index is 13.1. The summed E-state index contributed by atoms with van der Waals surface area (Å²) >= 11 is 0. The van der Waals surface area contributed by atoms with Crippen molar-refractivity contribution < 1.29 is 19.1 Å². The van der Waals surface area contributed by atoms with Crippen LogP contribution in [0.4, 0.5) is 0 Å². The first-order valence-electron chi connectivity index (χ1n) is 11.7. The molecular weight excluding hydrogens is 376 g/mol. The molecule has 2 rings (SSSR count). The number of aryl methyl sites for hydroxylation is 1. The molecule has 1 aromatic rings. The summed E-state index contributed by atoms with van der Waals surface area (Å²) in [6, 6.07) is 5.87. The van der Waals surface area contributed by atoms with E-state index in [1.54, 1.807) is 7.11 Å². The van der Waals surface area contributed by atoms with Crippen LogP contribution in [0.1, 0.15) is 103 Å². The molecule has 0 radical (unpaired) electrons. The van der Waals surface area contributed by atoms with Gasteiger partial charge in [-0.15, -0.1) is 0 Å². The zero-order chi connectivity index (χ0) is 22.1. The number of ether oxygens (including phenoxy) is 2. The van der Waals surface area contributed by atoms with Gasteiger partial charge in [0.25, 0.3) is 0 Å².